The topological polar surface area (TPSA) is 112 Å². The largest absolute Gasteiger partial charge is 0.438 e. The molecule has 0 fully saturated rings. The third-order valence-electron chi connectivity index (χ3n) is 2.61. The van der Waals surface area contributed by atoms with Crippen molar-refractivity contribution in [2.45, 2.75) is 9.99 Å². The van der Waals surface area contributed by atoms with E-state index >= 15 is 0 Å². The third-order valence-corrected chi connectivity index (χ3v) is 4.50. The minimum Gasteiger partial charge on any atom is -0.438 e. The summed E-state index contributed by atoms with van der Waals surface area (Å²) in [6.45, 7) is 0. The van der Waals surface area contributed by atoms with Gasteiger partial charge in [-0.05, 0) is 55.2 Å². The van der Waals surface area contributed by atoms with E-state index in [1.54, 1.807) is 24.3 Å². The van der Waals surface area contributed by atoms with Crippen molar-refractivity contribution >= 4 is 33.4 Å². The van der Waals surface area contributed by atoms with Crippen molar-refractivity contribution < 1.29 is 17.6 Å². The molecule has 0 atom stereocenters. The van der Waals surface area contributed by atoms with Crippen molar-refractivity contribution in [2.75, 3.05) is 12.4 Å². The fourth-order valence-electron chi connectivity index (χ4n) is 1.54. The van der Waals surface area contributed by atoms with E-state index in [2.05, 4.69) is 10.0 Å². The molecule has 0 spiro atoms. The Morgan fingerprint density at radius 1 is 1.23 bits per heavy atom. The zero-order chi connectivity index (χ0) is 16.2. The molecule has 0 saturated carbocycles. The van der Waals surface area contributed by atoms with Crippen LogP contribution in [0.1, 0.15) is 10.6 Å². The van der Waals surface area contributed by atoms with Crippen molar-refractivity contribution in [3.8, 4) is 5.40 Å². The summed E-state index contributed by atoms with van der Waals surface area (Å²) < 4.78 is 30.2. The second kappa shape index (κ2) is 6.65. The Kier molecular flexibility index (Phi) is 4.87. The zero-order valence-electron chi connectivity index (χ0n) is 11.4. The number of benzene rings is 1. The molecule has 0 unspecified atom stereocenters. The van der Waals surface area contributed by atoms with Gasteiger partial charge in [0.25, 0.3) is 15.9 Å². The molecule has 22 heavy (non-hydrogen) atoms. The number of thioether (sulfide) groups is 1. The van der Waals surface area contributed by atoms with Gasteiger partial charge in [0.15, 0.2) is 5.76 Å². The van der Waals surface area contributed by atoms with Crippen molar-refractivity contribution in [1.29, 1.82) is 5.26 Å². The molecular formula is C13H11N3O4S2. The molecule has 1 heterocycles. The van der Waals surface area contributed by atoms with Gasteiger partial charge in [-0.2, -0.15) is 5.26 Å². The number of amides is 1. The SMILES string of the molecule is CNS(=O)(=O)c1ccc(C(=O)Nc2ccc(SC#N)cc2)o1. The molecule has 1 amide bonds. The van der Waals surface area contributed by atoms with Crippen LogP contribution in [0.3, 0.4) is 0 Å². The van der Waals surface area contributed by atoms with Crippen LogP contribution in [0.4, 0.5) is 5.69 Å². The zero-order valence-corrected chi connectivity index (χ0v) is 13.0. The van der Waals surface area contributed by atoms with Crippen molar-refractivity contribution in [1.82, 2.24) is 4.72 Å². The van der Waals surface area contributed by atoms with E-state index in [1.165, 1.54) is 19.2 Å². The first kappa shape index (κ1) is 16.1. The van der Waals surface area contributed by atoms with Crippen LogP contribution in [0.25, 0.3) is 0 Å². The van der Waals surface area contributed by atoms with Crippen molar-refractivity contribution in [3.63, 3.8) is 0 Å². The second-order valence-electron chi connectivity index (χ2n) is 4.00. The smallest absolute Gasteiger partial charge is 0.291 e. The predicted octanol–water partition coefficient (Wildman–Crippen LogP) is 2.01. The van der Waals surface area contributed by atoms with E-state index in [0.29, 0.717) is 5.69 Å². The first-order valence-corrected chi connectivity index (χ1v) is 8.27. The Morgan fingerprint density at radius 2 is 1.91 bits per heavy atom. The first-order chi connectivity index (χ1) is 10.5. The van der Waals surface area contributed by atoms with E-state index < -0.39 is 15.9 Å². The number of rotatable bonds is 5. The van der Waals surface area contributed by atoms with Crippen LogP contribution < -0.4 is 10.0 Å². The number of nitrogens with one attached hydrogen (secondary N) is 2. The van der Waals surface area contributed by atoms with Crippen molar-refractivity contribution in [2.24, 2.45) is 0 Å². The maximum atomic E-state index is 12.0. The molecule has 1 aromatic carbocycles. The van der Waals surface area contributed by atoms with Gasteiger partial charge < -0.3 is 9.73 Å². The van der Waals surface area contributed by atoms with E-state index in [4.69, 9.17) is 9.68 Å². The fourth-order valence-corrected chi connectivity index (χ4v) is 2.56. The average molecular weight is 337 g/mol. The predicted molar refractivity (Wildman–Crippen MR) is 80.8 cm³/mol. The van der Waals surface area contributed by atoms with Gasteiger partial charge in [0.05, 0.1) is 0 Å². The Morgan fingerprint density at radius 3 is 2.50 bits per heavy atom. The number of carbonyl (C=O) groups is 1. The van der Waals surface area contributed by atoms with E-state index in [0.717, 1.165) is 16.7 Å². The maximum absolute atomic E-state index is 12.0. The molecule has 2 aromatic rings. The van der Waals surface area contributed by atoms with Gasteiger partial charge in [0.1, 0.15) is 5.40 Å². The van der Waals surface area contributed by atoms with Crippen LogP contribution in [0.2, 0.25) is 0 Å². The molecule has 0 saturated heterocycles. The number of carbonyl (C=O) groups excluding carboxylic acids is 1. The number of hydrogen-bond donors (Lipinski definition) is 2. The number of thiocyanates is 1. The number of sulfonamides is 1. The Balaban J connectivity index is 2.11. The van der Waals surface area contributed by atoms with Gasteiger partial charge in [-0.25, -0.2) is 13.1 Å². The number of anilines is 1. The highest BCUT2D eigenvalue weighted by Gasteiger charge is 2.19. The summed E-state index contributed by atoms with van der Waals surface area (Å²) in [4.78, 5) is 12.7. The summed E-state index contributed by atoms with van der Waals surface area (Å²) in [5.41, 5.74) is 0.502. The number of nitriles is 1. The second-order valence-corrected chi connectivity index (χ2v) is 6.67. The maximum Gasteiger partial charge on any atom is 0.291 e. The molecule has 9 heteroatoms. The summed E-state index contributed by atoms with van der Waals surface area (Å²) in [5.74, 6) is -0.692. The van der Waals surface area contributed by atoms with Gasteiger partial charge in [-0.3, -0.25) is 4.79 Å². The molecular weight excluding hydrogens is 326 g/mol. The molecule has 7 nitrogen and oxygen atoms in total. The quantitative estimate of drug-likeness (QED) is 0.637. The molecule has 0 aliphatic rings. The standard InChI is InChI=1S/C13H11N3O4S2/c1-15-22(18,19)12-7-6-11(20-12)13(17)16-9-2-4-10(5-3-9)21-8-14/h2-7,15H,1H3,(H,16,17). The Labute approximate surface area is 131 Å². The molecule has 0 bridgehead atoms. The van der Waals surface area contributed by atoms with Gasteiger partial charge in [0, 0.05) is 10.6 Å². The van der Waals surface area contributed by atoms with Crippen LogP contribution in [0, 0.1) is 10.7 Å². The Hall–Kier alpha value is -2.28. The summed E-state index contributed by atoms with van der Waals surface area (Å²) in [7, 11) is -2.48. The molecule has 2 N–H and O–H groups in total. The Bertz CT molecular complexity index is 820. The monoisotopic (exact) mass is 337 g/mol. The number of nitrogens with zero attached hydrogens (tertiary/aromatic N) is 1. The number of furan rings is 1. The minimum absolute atomic E-state index is 0.121. The highest BCUT2D eigenvalue weighted by Crippen LogP contribution is 2.20. The summed E-state index contributed by atoms with van der Waals surface area (Å²) in [5, 5.41) is 12.7. The lowest BCUT2D eigenvalue weighted by atomic mass is 10.3. The third kappa shape index (κ3) is 3.67. The van der Waals surface area contributed by atoms with Crippen LogP contribution in [-0.2, 0) is 10.0 Å². The normalized spacial score (nSPS) is 10.9. The van der Waals surface area contributed by atoms with Crippen LogP contribution >= 0.6 is 11.8 Å². The number of hydrogen-bond acceptors (Lipinski definition) is 6. The lowest BCUT2D eigenvalue weighted by molar-refractivity contribution is 0.0991. The lowest BCUT2D eigenvalue weighted by Gasteiger charge is -2.03. The molecule has 0 aliphatic heterocycles. The van der Waals surface area contributed by atoms with Crippen LogP contribution in [0.5, 0.6) is 0 Å². The van der Waals surface area contributed by atoms with E-state index in [-0.39, 0.29) is 10.9 Å². The summed E-state index contributed by atoms with van der Waals surface area (Å²) in [6.07, 6.45) is 0. The van der Waals surface area contributed by atoms with Crippen LogP contribution in [0.15, 0.2) is 50.8 Å². The summed E-state index contributed by atoms with van der Waals surface area (Å²) in [6, 6.07) is 9.11. The molecule has 0 aliphatic carbocycles. The van der Waals surface area contributed by atoms with Gasteiger partial charge in [-0.15, -0.1) is 0 Å². The molecule has 114 valence electrons. The lowest BCUT2D eigenvalue weighted by Crippen LogP contribution is -2.18. The first-order valence-electron chi connectivity index (χ1n) is 5.97. The molecule has 1 aromatic heterocycles. The highest BCUT2D eigenvalue weighted by atomic mass is 32.2. The fraction of sp³-hybridized carbons (Fsp3) is 0.0769. The minimum atomic E-state index is -3.73. The summed E-state index contributed by atoms with van der Waals surface area (Å²) >= 11 is 1.01. The molecule has 2 rings (SSSR count). The highest BCUT2D eigenvalue weighted by molar-refractivity contribution is 8.03. The van der Waals surface area contributed by atoms with E-state index in [9.17, 15) is 13.2 Å². The van der Waals surface area contributed by atoms with E-state index in [1.807, 2.05) is 5.40 Å². The molecule has 0 radical (unpaired) electrons. The van der Waals surface area contributed by atoms with Gasteiger partial charge in [0.2, 0.25) is 5.09 Å². The van der Waals surface area contributed by atoms with Crippen LogP contribution in [-0.4, -0.2) is 21.4 Å². The van der Waals surface area contributed by atoms with Crippen molar-refractivity contribution in [3.05, 3.63) is 42.2 Å². The van der Waals surface area contributed by atoms with Gasteiger partial charge >= 0.3 is 0 Å². The van der Waals surface area contributed by atoms with Gasteiger partial charge in [-0.1, -0.05) is 0 Å². The average Bonchev–Trinajstić information content (AvgIpc) is 3.00.